The minimum absolute atomic E-state index is 0.620. The Bertz CT molecular complexity index is 390. The van der Waals surface area contributed by atoms with Crippen LogP contribution in [-0.4, -0.2) is 11.4 Å². The molecule has 0 saturated heterocycles. The lowest BCUT2D eigenvalue weighted by Crippen LogP contribution is -2.18. The van der Waals surface area contributed by atoms with Crippen molar-refractivity contribution in [2.75, 3.05) is 0 Å². The number of hydrogen-bond donors (Lipinski definition) is 1. The topological polar surface area (TPSA) is 37.3 Å². The van der Waals surface area contributed by atoms with Crippen LogP contribution in [0, 0.1) is 5.92 Å². The van der Waals surface area contributed by atoms with Crippen molar-refractivity contribution in [3.05, 3.63) is 35.4 Å². The molecule has 1 rings (SSSR count). The predicted octanol–water partition coefficient (Wildman–Crippen LogP) is 3.85. The highest BCUT2D eigenvalue weighted by molar-refractivity contribution is 5.48. The fourth-order valence-electron chi connectivity index (χ4n) is 2.43. The molecule has 0 fully saturated rings. The van der Waals surface area contributed by atoms with Crippen molar-refractivity contribution in [2.45, 2.75) is 58.5 Å². The Hall–Kier alpha value is -1.15. The Kier molecular flexibility index (Phi) is 6.23. The van der Waals surface area contributed by atoms with Crippen LogP contribution >= 0.6 is 0 Å². The Morgan fingerprint density at radius 2 is 1.95 bits per heavy atom. The minimum atomic E-state index is -0.780. The molecule has 0 aliphatic rings. The van der Waals surface area contributed by atoms with Crippen LogP contribution in [0.15, 0.2) is 24.3 Å². The van der Waals surface area contributed by atoms with E-state index in [1.165, 1.54) is 5.56 Å². The highest BCUT2D eigenvalue weighted by Gasteiger charge is 2.19. The zero-order valence-electron chi connectivity index (χ0n) is 12.4. The lowest BCUT2D eigenvalue weighted by atomic mass is 9.88. The Balaban J connectivity index is 2.56. The first-order valence-electron chi connectivity index (χ1n) is 7.19. The minimum Gasteiger partial charge on any atom is -0.386 e. The molecule has 0 spiro atoms. The maximum atomic E-state index is 10.3. The molecule has 1 N–H and O–H groups in total. The van der Waals surface area contributed by atoms with Gasteiger partial charge in [0.2, 0.25) is 0 Å². The lowest BCUT2D eigenvalue weighted by molar-refractivity contribution is -0.107. The van der Waals surface area contributed by atoms with Gasteiger partial charge in [-0.15, -0.1) is 0 Å². The first-order valence-corrected chi connectivity index (χ1v) is 7.19. The summed E-state index contributed by atoms with van der Waals surface area (Å²) in [4.78, 5) is 10.3. The molecule has 2 nitrogen and oxygen atoms in total. The summed E-state index contributed by atoms with van der Waals surface area (Å²) >= 11 is 0. The van der Waals surface area contributed by atoms with Gasteiger partial charge in [-0.3, -0.25) is 0 Å². The van der Waals surface area contributed by atoms with Gasteiger partial charge in [0.25, 0.3) is 0 Å². The van der Waals surface area contributed by atoms with Crippen LogP contribution in [0.25, 0.3) is 0 Å². The van der Waals surface area contributed by atoms with E-state index in [-0.39, 0.29) is 0 Å². The molecule has 106 valence electrons. The van der Waals surface area contributed by atoms with Crippen LogP contribution < -0.4 is 0 Å². The van der Waals surface area contributed by atoms with Crippen molar-refractivity contribution in [2.24, 2.45) is 5.92 Å². The second-order valence-corrected chi connectivity index (χ2v) is 5.96. The van der Waals surface area contributed by atoms with Crippen LogP contribution in [0.1, 0.15) is 57.6 Å². The number of aryl methyl sites for hydroxylation is 1. The molecule has 19 heavy (non-hydrogen) atoms. The number of benzene rings is 1. The zero-order chi connectivity index (χ0) is 14.3. The molecule has 1 unspecified atom stereocenters. The third kappa shape index (κ3) is 5.56. The van der Waals surface area contributed by atoms with E-state index in [1.807, 2.05) is 32.0 Å². The second-order valence-electron chi connectivity index (χ2n) is 5.96. The highest BCUT2D eigenvalue weighted by Crippen LogP contribution is 2.25. The molecule has 0 aliphatic carbocycles. The largest absolute Gasteiger partial charge is 0.386 e. The summed E-state index contributed by atoms with van der Waals surface area (Å²) < 4.78 is 0. The monoisotopic (exact) mass is 262 g/mol. The van der Waals surface area contributed by atoms with Crippen LogP contribution in [0.3, 0.4) is 0 Å². The first kappa shape index (κ1) is 15.9. The van der Waals surface area contributed by atoms with E-state index >= 15 is 0 Å². The summed E-state index contributed by atoms with van der Waals surface area (Å²) in [6.07, 6.45) is 5.84. The van der Waals surface area contributed by atoms with E-state index in [0.717, 1.165) is 37.5 Å². The van der Waals surface area contributed by atoms with Gasteiger partial charge in [-0.25, -0.2) is 0 Å². The van der Waals surface area contributed by atoms with Crippen LogP contribution in [0.2, 0.25) is 0 Å². The third-order valence-electron chi connectivity index (χ3n) is 3.60. The number of hydrogen-bond acceptors (Lipinski definition) is 2. The zero-order valence-corrected chi connectivity index (χ0v) is 12.4. The van der Waals surface area contributed by atoms with Crippen molar-refractivity contribution in [3.63, 3.8) is 0 Å². The molecule has 1 aromatic carbocycles. The van der Waals surface area contributed by atoms with E-state index in [4.69, 9.17) is 0 Å². The standard InChI is InChI=1S/C17H26O2/c1-14(8-6-7-13-18)11-12-15-9-4-5-10-16(15)17(2,3)19/h4-5,9-10,13-14,19H,6-8,11-12H2,1-3H3. The van der Waals surface area contributed by atoms with E-state index in [1.54, 1.807) is 0 Å². The number of carbonyl (C=O) groups is 1. The van der Waals surface area contributed by atoms with Gasteiger partial charge in [0.05, 0.1) is 5.60 Å². The predicted molar refractivity (Wildman–Crippen MR) is 79.1 cm³/mol. The fourth-order valence-corrected chi connectivity index (χ4v) is 2.43. The molecule has 2 heteroatoms. The molecule has 1 aromatic rings. The maximum absolute atomic E-state index is 10.3. The average Bonchev–Trinajstić information content (AvgIpc) is 2.36. The van der Waals surface area contributed by atoms with Crippen molar-refractivity contribution >= 4 is 6.29 Å². The van der Waals surface area contributed by atoms with Crippen LogP contribution in [0.5, 0.6) is 0 Å². The van der Waals surface area contributed by atoms with Gasteiger partial charge in [-0.2, -0.15) is 0 Å². The Morgan fingerprint density at radius 1 is 1.26 bits per heavy atom. The van der Waals surface area contributed by atoms with Gasteiger partial charge < -0.3 is 9.90 Å². The van der Waals surface area contributed by atoms with Crippen LogP contribution in [0.4, 0.5) is 0 Å². The quantitative estimate of drug-likeness (QED) is 0.570. The number of unbranched alkanes of at least 4 members (excludes halogenated alkanes) is 1. The van der Waals surface area contributed by atoms with Gasteiger partial charge in [0.15, 0.2) is 0 Å². The van der Waals surface area contributed by atoms with E-state index in [9.17, 15) is 9.90 Å². The van der Waals surface area contributed by atoms with Crippen molar-refractivity contribution in [1.82, 2.24) is 0 Å². The fraction of sp³-hybridized carbons (Fsp3) is 0.588. The second kappa shape index (κ2) is 7.44. The summed E-state index contributed by atoms with van der Waals surface area (Å²) in [7, 11) is 0. The first-order chi connectivity index (χ1) is 8.95. The highest BCUT2D eigenvalue weighted by atomic mass is 16.3. The van der Waals surface area contributed by atoms with Gasteiger partial charge in [0, 0.05) is 6.42 Å². The Morgan fingerprint density at radius 3 is 2.58 bits per heavy atom. The molecule has 0 radical (unpaired) electrons. The SMILES string of the molecule is CC(CCCC=O)CCc1ccccc1C(C)(C)O. The van der Waals surface area contributed by atoms with Gasteiger partial charge in [-0.1, -0.05) is 37.6 Å². The van der Waals surface area contributed by atoms with E-state index in [2.05, 4.69) is 13.0 Å². The average molecular weight is 262 g/mol. The van der Waals surface area contributed by atoms with Crippen LogP contribution in [-0.2, 0) is 16.8 Å². The Labute approximate surface area is 116 Å². The number of aldehydes is 1. The van der Waals surface area contributed by atoms with Crippen molar-refractivity contribution < 1.29 is 9.90 Å². The molecule has 1 atom stereocenters. The van der Waals surface area contributed by atoms with Crippen molar-refractivity contribution in [1.29, 1.82) is 0 Å². The normalized spacial score (nSPS) is 13.3. The summed E-state index contributed by atoms with van der Waals surface area (Å²) in [6.45, 7) is 5.90. The molecule has 0 amide bonds. The maximum Gasteiger partial charge on any atom is 0.119 e. The van der Waals surface area contributed by atoms with Gasteiger partial charge in [0.1, 0.15) is 6.29 Å². The molecular weight excluding hydrogens is 236 g/mol. The molecule has 0 aliphatic heterocycles. The summed E-state index contributed by atoms with van der Waals surface area (Å²) in [5, 5.41) is 10.2. The molecule has 0 bridgehead atoms. The molecular formula is C17H26O2. The van der Waals surface area contributed by atoms with Gasteiger partial charge in [-0.05, 0) is 50.2 Å². The molecule has 0 saturated carbocycles. The summed E-state index contributed by atoms with van der Waals surface area (Å²) in [5.74, 6) is 0.620. The van der Waals surface area contributed by atoms with Gasteiger partial charge >= 0.3 is 0 Å². The summed E-state index contributed by atoms with van der Waals surface area (Å²) in [5.41, 5.74) is 1.48. The lowest BCUT2D eigenvalue weighted by Gasteiger charge is -2.22. The number of rotatable bonds is 8. The van der Waals surface area contributed by atoms with E-state index in [0.29, 0.717) is 12.3 Å². The third-order valence-corrected chi connectivity index (χ3v) is 3.60. The van der Waals surface area contributed by atoms with Crippen molar-refractivity contribution in [3.8, 4) is 0 Å². The smallest absolute Gasteiger partial charge is 0.119 e. The summed E-state index contributed by atoms with van der Waals surface area (Å²) in [6, 6.07) is 8.11. The van der Waals surface area contributed by atoms with E-state index < -0.39 is 5.60 Å². The molecule has 0 aromatic heterocycles. The number of carbonyl (C=O) groups excluding carboxylic acids is 1. The number of aliphatic hydroxyl groups is 1. The molecule has 0 heterocycles.